The second-order valence-corrected chi connectivity index (χ2v) is 19.9. The summed E-state index contributed by atoms with van der Waals surface area (Å²) in [6, 6.07) is 48.3. The molecule has 2 saturated heterocycles. The Morgan fingerprint density at radius 1 is 0.517 bits per heavy atom. The van der Waals surface area contributed by atoms with Crippen molar-refractivity contribution in [1.29, 1.82) is 0 Å². The number of benzene rings is 5. The van der Waals surface area contributed by atoms with Crippen LogP contribution in [0.15, 0.2) is 121 Å². The lowest BCUT2D eigenvalue weighted by Crippen LogP contribution is -2.74. The van der Waals surface area contributed by atoms with Crippen LogP contribution in [0.1, 0.15) is 114 Å². The van der Waals surface area contributed by atoms with Crippen molar-refractivity contribution < 1.29 is 4.74 Å². The van der Waals surface area contributed by atoms with Crippen LogP contribution in [0.2, 0.25) is 0 Å². The Labute approximate surface area is 346 Å². The molecule has 0 amide bonds. The molecule has 12 rings (SSSR count). The first-order valence-corrected chi connectivity index (χ1v) is 23.3. The average molecular weight is 765 g/mol. The molecule has 6 fully saturated rings. The van der Waals surface area contributed by atoms with Crippen molar-refractivity contribution in [1.82, 2.24) is 4.90 Å². The molecule has 3 heteroatoms. The molecule has 2 aliphatic heterocycles. The molecule has 296 valence electrons. The normalized spacial score (nSPS) is 32.9. The van der Waals surface area contributed by atoms with E-state index >= 15 is 0 Å². The van der Waals surface area contributed by atoms with Crippen molar-refractivity contribution >= 4 is 17.1 Å². The van der Waals surface area contributed by atoms with Crippen LogP contribution < -0.4 is 4.90 Å². The van der Waals surface area contributed by atoms with Crippen LogP contribution in [-0.2, 0) is 10.2 Å². The molecule has 58 heavy (non-hydrogen) atoms. The minimum absolute atomic E-state index is 0.0535. The van der Waals surface area contributed by atoms with Gasteiger partial charge in [0.15, 0.2) is 0 Å². The van der Waals surface area contributed by atoms with Crippen molar-refractivity contribution in [3.63, 3.8) is 0 Å². The van der Waals surface area contributed by atoms with E-state index in [1.54, 1.807) is 5.56 Å². The molecule has 0 radical (unpaired) electrons. The van der Waals surface area contributed by atoms with Crippen LogP contribution in [0.3, 0.4) is 0 Å². The molecule has 0 bridgehead atoms. The second kappa shape index (κ2) is 14.0. The Morgan fingerprint density at radius 2 is 1.17 bits per heavy atom. The number of piperidine rings is 1. The van der Waals surface area contributed by atoms with Crippen LogP contribution in [0.25, 0.3) is 22.3 Å². The van der Waals surface area contributed by atoms with Crippen LogP contribution >= 0.6 is 0 Å². The molecule has 0 spiro atoms. The fourth-order valence-electron chi connectivity index (χ4n) is 14.6. The average Bonchev–Trinajstić information content (AvgIpc) is 3.51. The van der Waals surface area contributed by atoms with E-state index in [9.17, 15) is 0 Å². The molecular formula is C55H60N2O. The van der Waals surface area contributed by atoms with Gasteiger partial charge in [-0.3, -0.25) is 4.90 Å². The van der Waals surface area contributed by atoms with E-state index in [0.29, 0.717) is 30.2 Å². The van der Waals surface area contributed by atoms with E-state index in [4.69, 9.17) is 4.74 Å². The first kappa shape index (κ1) is 35.7. The van der Waals surface area contributed by atoms with Crippen molar-refractivity contribution in [2.45, 2.75) is 133 Å². The quantitative estimate of drug-likeness (QED) is 0.177. The Morgan fingerprint density at radius 3 is 2.02 bits per heavy atom. The molecule has 2 heterocycles. The van der Waals surface area contributed by atoms with Gasteiger partial charge in [0, 0.05) is 40.6 Å². The van der Waals surface area contributed by atoms with Gasteiger partial charge >= 0.3 is 0 Å². The maximum Gasteiger partial charge on any atom is 0.0737 e. The zero-order valence-corrected chi connectivity index (χ0v) is 34.6. The van der Waals surface area contributed by atoms with E-state index in [0.717, 1.165) is 29.7 Å². The summed E-state index contributed by atoms with van der Waals surface area (Å²) in [6.07, 6.45) is 17.5. The maximum absolute atomic E-state index is 7.06. The largest absolute Gasteiger partial charge is 0.372 e. The number of fused-ring (bicyclic) bond motifs is 7. The van der Waals surface area contributed by atoms with Crippen molar-refractivity contribution in [3.05, 3.63) is 138 Å². The van der Waals surface area contributed by atoms with Crippen LogP contribution in [0.4, 0.5) is 17.1 Å². The zero-order valence-electron chi connectivity index (χ0n) is 34.6. The summed E-state index contributed by atoms with van der Waals surface area (Å²) in [4.78, 5) is 5.71. The Hall–Kier alpha value is -4.18. The number of hydrogen-bond donors (Lipinski definition) is 0. The molecule has 5 aromatic rings. The highest BCUT2D eigenvalue weighted by atomic mass is 16.5. The van der Waals surface area contributed by atoms with E-state index < -0.39 is 0 Å². The molecular weight excluding hydrogens is 705 g/mol. The van der Waals surface area contributed by atoms with Gasteiger partial charge in [-0.2, -0.15) is 0 Å². The van der Waals surface area contributed by atoms with Gasteiger partial charge in [-0.25, -0.2) is 0 Å². The topological polar surface area (TPSA) is 15.7 Å². The standard InChI is InChI=1S/C55H60N2O/c1-55(2)47-18-7-6-14-42(47)43-31-30-40(34-48(43)55)56(38-26-22-36(23-27-38)35-12-4-3-5-13-35)39-28-24-37(25-29-39)41-32-33-50-53-44(41)15-10-16-45(53)46-17-11-21-52-54(46)57(50)49-19-8-9-20-51(49)58-52/h3-7,12-14,18,22-31,34,41,44-46,49-54H,8-11,15-17,19-21,32-33H2,1-2H3. The summed E-state index contributed by atoms with van der Waals surface area (Å²) < 4.78 is 7.06. The van der Waals surface area contributed by atoms with E-state index in [-0.39, 0.29) is 5.41 Å². The monoisotopic (exact) mass is 764 g/mol. The predicted molar refractivity (Wildman–Crippen MR) is 238 cm³/mol. The molecule has 5 aliphatic carbocycles. The van der Waals surface area contributed by atoms with Gasteiger partial charge in [-0.05, 0) is 156 Å². The molecule has 3 nitrogen and oxygen atoms in total. The minimum atomic E-state index is -0.0535. The summed E-state index contributed by atoms with van der Waals surface area (Å²) >= 11 is 0. The number of ether oxygens (including phenoxy) is 1. The smallest absolute Gasteiger partial charge is 0.0737 e. The molecule has 0 N–H and O–H groups in total. The SMILES string of the molecule is CC1(C)c2ccccc2-c2ccc(N(c3ccc(-c4ccccc4)cc3)c3ccc(C4CCC5C6C4CCCC6C4CCCC6OC7CCCCC7N5C64)cc3)cc21. The minimum Gasteiger partial charge on any atom is -0.372 e. The number of rotatable bonds is 5. The van der Waals surface area contributed by atoms with Crippen LogP contribution in [-0.4, -0.2) is 35.2 Å². The summed E-state index contributed by atoms with van der Waals surface area (Å²) in [5.74, 6) is 4.06. The maximum atomic E-state index is 7.06. The van der Waals surface area contributed by atoms with Gasteiger partial charge in [0.25, 0.3) is 0 Å². The van der Waals surface area contributed by atoms with Gasteiger partial charge in [0.1, 0.15) is 0 Å². The highest BCUT2D eigenvalue weighted by molar-refractivity contribution is 5.86. The Kier molecular flexibility index (Phi) is 8.60. The van der Waals surface area contributed by atoms with Gasteiger partial charge < -0.3 is 9.64 Å². The molecule has 7 aliphatic rings. The summed E-state index contributed by atoms with van der Waals surface area (Å²) in [5, 5.41) is 0. The number of hydrogen-bond acceptors (Lipinski definition) is 3. The van der Waals surface area contributed by atoms with E-state index in [1.165, 1.54) is 127 Å². The first-order chi connectivity index (χ1) is 28.5. The molecule has 0 aromatic heterocycles. The predicted octanol–water partition coefficient (Wildman–Crippen LogP) is 13.6. The van der Waals surface area contributed by atoms with Crippen molar-refractivity contribution in [2.24, 2.45) is 23.7 Å². The molecule has 10 atom stereocenters. The number of nitrogens with zero attached hydrogens (tertiary/aromatic N) is 2. The summed E-state index contributed by atoms with van der Waals surface area (Å²) in [7, 11) is 0. The lowest BCUT2D eigenvalue weighted by atomic mass is 9.50. The van der Waals surface area contributed by atoms with Crippen molar-refractivity contribution in [2.75, 3.05) is 4.90 Å². The number of anilines is 3. The molecule has 4 saturated carbocycles. The first-order valence-electron chi connectivity index (χ1n) is 23.3. The fourth-order valence-corrected chi connectivity index (χ4v) is 14.6. The second-order valence-electron chi connectivity index (χ2n) is 19.9. The molecule has 10 unspecified atom stereocenters. The fraction of sp³-hybridized carbons (Fsp3) is 0.455. The third kappa shape index (κ3) is 5.51. The third-order valence-corrected chi connectivity index (χ3v) is 17.0. The third-order valence-electron chi connectivity index (χ3n) is 17.0. The zero-order chi connectivity index (χ0) is 38.5. The van der Waals surface area contributed by atoms with E-state index in [2.05, 4.69) is 145 Å². The highest BCUT2D eigenvalue weighted by Crippen LogP contribution is 2.61. The number of morpholine rings is 1. The highest BCUT2D eigenvalue weighted by Gasteiger charge is 2.61. The van der Waals surface area contributed by atoms with Gasteiger partial charge in [0.2, 0.25) is 0 Å². The lowest BCUT2D eigenvalue weighted by Gasteiger charge is -2.68. The summed E-state index contributed by atoms with van der Waals surface area (Å²) in [6.45, 7) is 4.79. The Balaban J connectivity index is 0.891. The van der Waals surface area contributed by atoms with Gasteiger partial charge in [0.05, 0.1) is 12.2 Å². The Bertz CT molecular complexity index is 2300. The van der Waals surface area contributed by atoms with E-state index in [1.807, 2.05) is 0 Å². The van der Waals surface area contributed by atoms with Crippen LogP contribution in [0.5, 0.6) is 0 Å². The van der Waals surface area contributed by atoms with Gasteiger partial charge in [-0.15, -0.1) is 0 Å². The molecule has 5 aromatic carbocycles. The lowest BCUT2D eigenvalue weighted by molar-refractivity contribution is -0.248. The summed E-state index contributed by atoms with van der Waals surface area (Å²) in [5.41, 5.74) is 13.3. The van der Waals surface area contributed by atoms with Crippen LogP contribution in [0, 0.1) is 23.7 Å². The van der Waals surface area contributed by atoms with Gasteiger partial charge in [-0.1, -0.05) is 124 Å². The van der Waals surface area contributed by atoms with Crippen molar-refractivity contribution in [3.8, 4) is 22.3 Å².